The number of aromatic nitrogens is 3. The summed E-state index contributed by atoms with van der Waals surface area (Å²) in [5.41, 5.74) is -0.140. The summed E-state index contributed by atoms with van der Waals surface area (Å²) in [6.07, 6.45) is -0.175. The largest absolute Gasteiger partial charge is 0.324 e. The zero-order chi connectivity index (χ0) is 20.3. The quantitative estimate of drug-likeness (QED) is 0.697. The summed E-state index contributed by atoms with van der Waals surface area (Å²) >= 11 is 0. The van der Waals surface area contributed by atoms with Crippen LogP contribution < -0.4 is 16.2 Å². The maximum atomic E-state index is 13.5. The molecule has 8 nitrogen and oxygen atoms in total. The van der Waals surface area contributed by atoms with Crippen LogP contribution in [0.5, 0.6) is 0 Å². The van der Waals surface area contributed by atoms with Gasteiger partial charge in [0, 0.05) is 25.5 Å². The number of fused-ring (bicyclic) bond motifs is 1. The Bertz CT molecular complexity index is 1130. The molecule has 0 unspecified atom stereocenters. The Hall–Kier alpha value is -3.69. The fraction of sp³-hybridized carbons (Fsp3) is 0.167. The average molecular weight is 387 g/mol. The van der Waals surface area contributed by atoms with Crippen molar-refractivity contribution in [3.8, 4) is 0 Å². The molecule has 0 fully saturated rings. The molecule has 0 bridgehead atoms. The van der Waals surface area contributed by atoms with E-state index in [0.717, 1.165) is 16.8 Å². The summed E-state index contributed by atoms with van der Waals surface area (Å²) in [7, 11) is 0. The number of hydrogen-bond donors (Lipinski definition) is 2. The third-order valence-corrected chi connectivity index (χ3v) is 3.83. The molecule has 0 aliphatic rings. The Morgan fingerprint density at radius 1 is 1.07 bits per heavy atom. The van der Waals surface area contributed by atoms with Crippen molar-refractivity contribution in [2.45, 2.75) is 19.9 Å². The number of hydrogen-bond acceptors (Lipinski definition) is 5. The van der Waals surface area contributed by atoms with Gasteiger partial charge in [0.15, 0.2) is 11.6 Å². The molecule has 144 valence electrons. The Labute approximate surface area is 157 Å². The van der Waals surface area contributed by atoms with Crippen LogP contribution in [0.15, 0.2) is 41.2 Å². The summed E-state index contributed by atoms with van der Waals surface area (Å²) in [6.45, 7) is 1.12. The van der Waals surface area contributed by atoms with Gasteiger partial charge in [-0.15, -0.1) is 5.10 Å². The molecule has 2 amide bonds. The Balaban J connectivity index is 1.75. The number of carbonyl (C=O) groups is 2. The highest BCUT2D eigenvalue weighted by molar-refractivity contribution is 5.98. The molecule has 10 heteroatoms. The molecule has 2 aromatic carbocycles. The van der Waals surface area contributed by atoms with Gasteiger partial charge < -0.3 is 10.6 Å². The van der Waals surface area contributed by atoms with E-state index in [-0.39, 0.29) is 24.3 Å². The third kappa shape index (κ3) is 4.17. The molecule has 0 saturated heterocycles. The molecule has 0 spiro atoms. The van der Waals surface area contributed by atoms with Crippen molar-refractivity contribution in [3.63, 3.8) is 0 Å². The van der Waals surface area contributed by atoms with E-state index in [1.165, 1.54) is 6.92 Å². The monoisotopic (exact) mass is 387 g/mol. The molecule has 3 rings (SSSR count). The van der Waals surface area contributed by atoms with E-state index in [4.69, 9.17) is 0 Å². The number of benzene rings is 2. The molecule has 2 N–H and O–H groups in total. The van der Waals surface area contributed by atoms with E-state index in [9.17, 15) is 23.2 Å². The number of amides is 2. The summed E-state index contributed by atoms with van der Waals surface area (Å²) in [6, 6.07) is 8.20. The Morgan fingerprint density at radius 2 is 1.71 bits per heavy atom. The van der Waals surface area contributed by atoms with Crippen molar-refractivity contribution < 1.29 is 18.4 Å². The lowest BCUT2D eigenvalue weighted by Gasteiger charge is -2.12. The summed E-state index contributed by atoms with van der Waals surface area (Å²) in [4.78, 5) is 35.7. The molecule has 1 heterocycles. The highest BCUT2D eigenvalue weighted by Crippen LogP contribution is 2.25. The van der Waals surface area contributed by atoms with Gasteiger partial charge in [0.25, 0.3) is 5.56 Å². The second kappa shape index (κ2) is 7.91. The van der Waals surface area contributed by atoms with Crippen LogP contribution in [0.1, 0.15) is 13.3 Å². The second-order valence-corrected chi connectivity index (χ2v) is 5.93. The minimum absolute atomic E-state index is 0.0678. The van der Waals surface area contributed by atoms with E-state index >= 15 is 0 Å². The van der Waals surface area contributed by atoms with Crippen molar-refractivity contribution in [2.24, 2.45) is 0 Å². The molecule has 28 heavy (non-hydrogen) atoms. The zero-order valence-electron chi connectivity index (χ0n) is 14.7. The summed E-state index contributed by atoms with van der Waals surface area (Å²) in [5.74, 6) is -3.44. The number of nitrogens with zero attached hydrogens (tertiary/aromatic N) is 3. The number of carbonyl (C=O) groups excluding carboxylic acids is 2. The molecule has 0 aliphatic carbocycles. The molecule has 0 aliphatic heterocycles. The van der Waals surface area contributed by atoms with Gasteiger partial charge in [0.05, 0.1) is 23.3 Å². The zero-order valence-corrected chi connectivity index (χ0v) is 14.7. The van der Waals surface area contributed by atoms with Crippen molar-refractivity contribution >= 4 is 34.1 Å². The topological polar surface area (TPSA) is 106 Å². The molecule has 1 aromatic heterocycles. The van der Waals surface area contributed by atoms with Crippen molar-refractivity contribution in [1.82, 2.24) is 15.0 Å². The van der Waals surface area contributed by atoms with Crippen molar-refractivity contribution in [1.29, 1.82) is 0 Å². The molecular formula is C18H15F2N5O3. The normalized spacial score (nSPS) is 10.7. The number of rotatable bonds is 5. The summed E-state index contributed by atoms with van der Waals surface area (Å²) < 4.78 is 27.9. The Kier molecular flexibility index (Phi) is 5.39. The lowest BCUT2D eigenvalue weighted by molar-refractivity contribution is -0.116. The maximum absolute atomic E-state index is 13.5. The molecule has 0 saturated carbocycles. The number of aryl methyl sites for hydroxylation is 1. The minimum atomic E-state index is -1.18. The highest BCUT2D eigenvalue weighted by Gasteiger charge is 2.14. The van der Waals surface area contributed by atoms with E-state index in [2.05, 4.69) is 20.9 Å². The van der Waals surface area contributed by atoms with Crippen LogP contribution in [0.2, 0.25) is 0 Å². The summed E-state index contributed by atoms with van der Waals surface area (Å²) in [5, 5.41) is 12.8. The molecular weight excluding hydrogens is 372 g/mol. The smallest absolute Gasteiger partial charge is 0.277 e. The van der Waals surface area contributed by atoms with E-state index in [0.29, 0.717) is 10.9 Å². The number of nitrogens with one attached hydrogen (secondary N) is 2. The average Bonchev–Trinajstić information content (AvgIpc) is 2.65. The van der Waals surface area contributed by atoms with Gasteiger partial charge >= 0.3 is 0 Å². The number of anilines is 2. The lowest BCUT2D eigenvalue weighted by Crippen LogP contribution is -2.26. The van der Waals surface area contributed by atoms with Crippen LogP contribution in [0.25, 0.3) is 10.9 Å². The van der Waals surface area contributed by atoms with Crippen LogP contribution in [0.4, 0.5) is 20.2 Å². The van der Waals surface area contributed by atoms with Crippen LogP contribution in [0.3, 0.4) is 0 Å². The van der Waals surface area contributed by atoms with Gasteiger partial charge in [-0.2, -0.15) is 0 Å². The molecule has 0 radical (unpaired) electrons. The first-order chi connectivity index (χ1) is 13.3. The first-order valence-corrected chi connectivity index (χ1v) is 8.24. The van der Waals surface area contributed by atoms with Gasteiger partial charge in [-0.05, 0) is 12.1 Å². The van der Waals surface area contributed by atoms with Gasteiger partial charge in [-0.1, -0.05) is 17.3 Å². The lowest BCUT2D eigenvalue weighted by atomic mass is 10.2. The SMILES string of the molecule is CC(=O)Nc1cc(F)c(F)cc1NC(=O)CCn1nnc2ccccc2c1=O. The maximum Gasteiger partial charge on any atom is 0.277 e. The fourth-order valence-electron chi connectivity index (χ4n) is 2.53. The van der Waals surface area contributed by atoms with E-state index in [1.54, 1.807) is 24.3 Å². The first-order valence-electron chi connectivity index (χ1n) is 8.24. The Morgan fingerprint density at radius 3 is 2.39 bits per heavy atom. The van der Waals surface area contributed by atoms with E-state index in [1.807, 2.05) is 0 Å². The predicted molar refractivity (Wildman–Crippen MR) is 97.7 cm³/mol. The second-order valence-electron chi connectivity index (χ2n) is 5.93. The van der Waals surface area contributed by atoms with Crippen LogP contribution in [0, 0.1) is 11.6 Å². The third-order valence-electron chi connectivity index (χ3n) is 3.83. The number of halogens is 2. The van der Waals surface area contributed by atoms with E-state index < -0.39 is 29.0 Å². The molecule has 0 atom stereocenters. The van der Waals surface area contributed by atoms with Gasteiger partial charge in [-0.3, -0.25) is 14.4 Å². The van der Waals surface area contributed by atoms with Crippen LogP contribution in [-0.4, -0.2) is 26.8 Å². The van der Waals surface area contributed by atoms with Gasteiger partial charge in [-0.25, -0.2) is 13.5 Å². The van der Waals surface area contributed by atoms with Crippen molar-refractivity contribution in [2.75, 3.05) is 10.6 Å². The minimum Gasteiger partial charge on any atom is -0.324 e. The van der Waals surface area contributed by atoms with Crippen molar-refractivity contribution in [3.05, 3.63) is 58.4 Å². The molecule has 3 aromatic rings. The predicted octanol–water partition coefficient (Wildman–Crippen LogP) is 2.06. The van der Waals surface area contributed by atoms with Crippen LogP contribution in [-0.2, 0) is 16.1 Å². The van der Waals surface area contributed by atoms with Gasteiger partial charge in [0.1, 0.15) is 5.52 Å². The fourth-order valence-corrected chi connectivity index (χ4v) is 2.53. The highest BCUT2D eigenvalue weighted by atomic mass is 19.2. The van der Waals surface area contributed by atoms with Gasteiger partial charge in [0.2, 0.25) is 11.8 Å². The standard InChI is InChI=1S/C18H15F2N5O3/c1-10(26)21-15-8-12(19)13(20)9-16(15)22-17(27)6-7-25-18(28)11-4-2-3-5-14(11)23-24-25/h2-5,8-9H,6-7H2,1H3,(H,21,26)(H,22,27). The van der Waals surface area contributed by atoms with Crippen LogP contribution >= 0.6 is 0 Å². The first kappa shape index (κ1) is 19.1.